The molecule has 20 heavy (non-hydrogen) atoms. The summed E-state index contributed by atoms with van der Waals surface area (Å²) in [5, 5.41) is 3.43. The number of benzene rings is 1. The molecule has 3 aliphatic rings. The average Bonchev–Trinajstić information content (AvgIpc) is 3.07. The van der Waals surface area contributed by atoms with Crippen molar-refractivity contribution in [1.29, 1.82) is 0 Å². The van der Waals surface area contributed by atoms with Crippen LogP contribution in [-0.4, -0.2) is 29.9 Å². The molecule has 2 fully saturated rings. The predicted octanol–water partition coefficient (Wildman–Crippen LogP) is 1.96. The number of rotatable bonds is 1. The van der Waals surface area contributed by atoms with Crippen LogP contribution in [0.5, 0.6) is 0 Å². The fraction of sp³-hybridized carbons (Fsp3) is 0.588. The van der Waals surface area contributed by atoms with Gasteiger partial charge in [-0.1, -0.05) is 30.7 Å². The van der Waals surface area contributed by atoms with E-state index in [1.807, 2.05) is 0 Å². The highest BCUT2D eigenvalue weighted by Crippen LogP contribution is 2.38. The molecule has 0 radical (unpaired) electrons. The minimum atomic E-state index is -0.0104. The lowest BCUT2D eigenvalue weighted by Gasteiger charge is -2.29. The fourth-order valence-electron chi connectivity index (χ4n) is 4.26. The Bertz CT molecular complexity index is 515. The summed E-state index contributed by atoms with van der Waals surface area (Å²) in [6, 6.07) is 8.46. The molecule has 2 heterocycles. The van der Waals surface area contributed by atoms with Gasteiger partial charge in [-0.3, -0.25) is 4.79 Å². The molecule has 3 nitrogen and oxygen atoms in total. The summed E-state index contributed by atoms with van der Waals surface area (Å²) in [6.07, 6.45) is 4.87. The van der Waals surface area contributed by atoms with E-state index >= 15 is 0 Å². The van der Waals surface area contributed by atoms with E-state index in [9.17, 15) is 4.79 Å². The molecule has 0 aromatic heterocycles. The van der Waals surface area contributed by atoms with E-state index in [4.69, 9.17) is 0 Å². The predicted molar refractivity (Wildman–Crippen MR) is 78.2 cm³/mol. The van der Waals surface area contributed by atoms with Crippen molar-refractivity contribution in [1.82, 2.24) is 10.2 Å². The molecule has 3 heteroatoms. The van der Waals surface area contributed by atoms with Crippen LogP contribution >= 0.6 is 0 Å². The van der Waals surface area contributed by atoms with Gasteiger partial charge in [0.2, 0.25) is 5.91 Å². The number of hydrogen-bond acceptors (Lipinski definition) is 2. The maximum Gasteiger partial charge on any atom is 0.240 e. The van der Waals surface area contributed by atoms with E-state index in [0.29, 0.717) is 5.91 Å². The average molecular weight is 270 g/mol. The van der Waals surface area contributed by atoms with Crippen molar-refractivity contribution >= 4 is 5.91 Å². The molecule has 106 valence electrons. The topological polar surface area (TPSA) is 32.3 Å². The molecular weight excluding hydrogens is 248 g/mol. The lowest BCUT2D eigenvalue weighted by Crippen LogP contribution is -2.49. The van der Waals surface area contributed by atoms with Gasteiger partial charge in [0.15, 0.2) is 0 Å². The van der Waals surface area contributed by atoms with Crippen LogP contribution in [0.3, 0.4) is 0 Å². The van der Waals surface area contributed by atoms with E-state index in [1.54, 1.807) is 0 Å². The van der Waals surface area contributed by atoms with Crippen molar-refractivity contribution < 1.29 is 4.79 Å². The summed E-state index contributed by atoms with van der Waals surface area (Å²) in [6.45, 7) is 2.83. The van der Waals surface area contributed by atoms with E-state index in [2.05, 4.69) is 34.5 Å². The van der Waals surface area contributed by atoms with E-state index in [-0.39, 0.29) is 6.04 Å². The monoisotopic (exact) mass is 270 g/mol. The Balaban J connectivity index is 1.45. The third-order valence-electron chi connectivity index (χ3n) is 5.42. The van der Waals surface area contributed by atoms with Crippen LogP contribution < -0.4 is 5.32 Å². The molecular formula is C17H22N2O. The minimum Gasteiger partial charge on any atom is -0.341 e. The van der Waals surface area contributed by atoms with Crippen LogP contribution in [0, 0.1) is 11.8 Å². The molecule has 2 aliphatic heterocycles. The summed E-state index contributed by atoms with van der Waals surface area (Å²) in [5.74, 6) is 1.90. The Morgan fingerprint density at radius 2 is 1.80 bits per heavy atom. The van der Waals surface area contributed by atoms with Crippen molar-refractivity contribution in [3.63, 3.8) is 0 Å². The number of nitrogens with one attached hydrogen (secondary N) is 1. The number of carbonyl (C=O) groups is 1. The van der Waals surface area contributed by atoms with Gasteiger partial charge in [-0.25, -0.2) is 0 Å². The first-order valence-electron chi connectivity index (χ1n) is 7.90. The first-order chi connectivity index (χ1) is 9.81. The molecule has 1 amide bonds. The molecule has 1 aliphatic carbocycles. The SMILES string of the molecule is O=C([C@H]1Cc2ccccc2CN1)N1CC2CCCC2C1. The Labute approximate surface area is 120 Å². The fourth-order valence-corrected chi connectivity index (χ4v) is 4.26. The van der Waals surface area contributed by atoms with Gasteiger partial charge < -0.3 is 10.2 Å². The van der Waals surface area contributed by atoms with Crippen molar-refractivity contribution in [2.45, 2.75) is 38.3 Å². The molecule has 1 aromatic carbocycles. The molecule has 3 atom stereocenters. The highest BCUT2D eigenvalue weighted by Gasteiger charge is 2.40. The smallest absolute Gasteiger partial charge is 0.240 e. The Morgan fingerprint density at radius 3 is 2.55 bits per heavy atom. The molecule has 1 saturated heterocycles. The van der Waals surface area contributed by atoms with Gasteiger partial charge in [-0.2, -0.15) is 0 Å². The number of fused-ring (bicyclic) bond motifs is 2. The first-order valence-corrected chi connectivity index (χ1v) is 7.90. The van der Waals surface area contributed by atoms with Crippen molar-refractivity contribution in [2.75, 3.05) is 13.1 Å². The Hall–Kier alpha value is -1.35. The van der Waals surface area contributed by atoms with Crippen molar-refractivity contribution in [2.24, 2.45) is 11.8 Å². The number of amides is 1. The molecule has 1 saturated carbocycles. The van der Waals surface area contributed by atoms with Crippen LogP contribution in [0.15, 0.2) is 24.3 Å². The summed E-state index contributed by atoms with van der Waals surface area (Å²) >= 11 is 0. The van der Waals surface area contributed by atoms with Gasteiger partial charge in [0, 0.05) is 19.6 Å². The van der Waals surface area contributed by atoms with Gasteiger partial charge >= 0.3 is 0 Å². The normalized spacial score (nSPS) is 32.0. The van der Waals surface area contributed by atoms with Crippen molar-refractivity contribution in [3.05, 3.63) is 35.4 Å². The zero-order valence-electron chi connectivity index (χ0n) is 11.8. The van der Waals surface area contributed by atoms with Crippen LogP contribution in [0.2, 0.25) is 0 Å². The molecule has 0 bridgehead atoms. The highest BCUT2D eigenvalue weighted by atomic mass is 16.2. The third-order valence-corrected chi connectivity index (χ3v) is 5.42. The van der Waals surface area contributed by atoms with E-state index in [1.165, 1.54) is 30.4 Å². The van der Waals surface area contributed by atoms with E-state index in [0.717, 1.165) is 37.9 Å². The van der Waals surface area contributed by atoms with Crippen molar-refractivity contribution in [3.8, 4) is 0 Å². The van der Waals surface area contributed by atoms with Gasteiger partial charge in [0.1, 0.15) is 0 Å². The number of likely N-dealkylation sites (tertiary alicyclic amines) is 1. The Morgan fingerprint density at radius 1 is 1.10 bits per heavy atom. The lowest BCUT2D eigenvalue weighted by molar-refractivity contribution is -0.132. The van der Waals surface area contributed by atoms with Gasteiger partial charge in [-0.15, -0.1) is 0 Å². The first kappa shape index (κ1) is 12.4. The van der Waals surface area contributed by atoms with Crippen LogP contribution in [-0.2, 0) is 17.8 Å². The molecule has 0 spiro atoms. The Kier molecular flexibility index (Phi) is 3.03. The second kappa shape index (κ2) is 4.88. The summed E-state index contributed by atoms with van der Waals surface area (Å²) < 4.78 is 0. The zero-order chi connectivity index (χ0) is 13.5. The second-order valence-corrected chi connectivity index (χ2v) is 6.60. The number of carbonyl (C=O) groups excluding carboxylic acids is 1. The number of hydrogen-bond donors (Lipinski definition) is 1. The van der Waals surface area contributed by atoms with Gasteiger partial charge in [0.05, 0.1) is 6.04 Å². The highest BCUT2D eigenvalue weighted by molar-refractivity contribution is 5.83. The quantitative estimate of drug-likeness (QED) is 0.846. The van der Waals surface area contributed by atoms with Crippen LogP contribution in [0.25, 0.3) is 0 Å². The van der Waals surface area contributed by atoms with Gasteiger partial charge in [-0.05, 0) is 42.2 Å². The second-order valence-electron chi connectivity index (χ2n) is 6.60. The molecule has 1 aromatic rings. The third kappa shape index (κ3) is 2.05. The van der Waals surface area contributed by atoms with E-state index < -0.39 is 0 Å². The largest absolute Gasteiger partial charge is 0.341 e. The summed E-state index contributed by atoms with van der Waals surface area (Å²) in [4.78, 5) is 14.8. The molecule has 2 unspecified atom stereocenters. The number of nitrogens with zero attached hydrogens (tertiary/aromatic N) is 1. The van der Waals surface area contributed by atoms with Crippen LogP contribution in [0.1, 0.15) is 30.4 Å². The molecule has 1 N–H and O–H groups in total. The molecule has 4 rings (SSSR count). The van der Waals surface area contributed by atoms with Gasteiger partial charge in [0.25, 0.3) is 0 Å². The summed E-state index contributed by atoms with van der Waals surface area (Å²) in [5.41, 5.74) is 2.68. The maximum atomic E-state index is 12.7. The van der Waals surface area contributed by atoms with Crippen LogP contribution in [0.4, 0.5) is 0 Å². The summed E-state index contributed by atoms with van der Waals surface area (Å²) in [7, 11) is 0. The zero-order valence-corrected chi connectivity index (χ0v) is 11.8. The lowest BCUT2D eigenvalue weighted by atomic mass is 9.95. The maximum absolute atomic E-state index is 12.7. The minimum absolute atomic E-state index is 0.0104. The standard InChI is InChI=1S/C17H22N2O/c20-17(19-10-14-6-3-7-15(14)11-19)16-8-12-4-1-2-5-13(12)9-18-16/h1-2,4-5,14-16,18H,3,6-11H2/t14?,15?,16-/m1/s1.